The van der Waals surface area contributed by atoms with Crippen LogP contribution in [-0.2, 0) is 4.74 Å². The smallest absolute Gasteiger partial charge is 0.342 e. The largest absolute Gasteiger partial charge is 0.507 e. The number of aliphatic hydroxyl groups excluding tert-OH is 3. The Morgan fingerprint density at radius 3 is 2.52 bits per heavy atom. The zero-order valence-corrected chi connectivity index (χ0v) is 15.2. The van der Waals surface area contributed by atoms with Crippen molar-refractivity contribution in [2.75, 3.05) is 7.11 Å². The van der Waals surface area contributed by atoms with Crippen molar-refractivity contribution in [3.8, 4) is 11.5 Å². The number of esters is 1. The summed E-state index contributed by atoms with van der Waals surface area (Å²) in [5.74, 6) is -0.615. The minimum absolute atomic E-state index is 0. The van der Waals surface area contributed by atoms with E-state index in [0.717, 1.165) is 0 Å². The van der Waals surface area contributed by atoms with E-state index in [0.29, 0.717) is 17.7 Å². The van der Waals surface area contributed by atoms with Crippen LogP contribution in [0.15, 0.2) is 30.4 Å². The number of carbonyl (C=O) groups excluding carboxylic acids is 1. The van der Waals surface area contributed by atoms with Crippen molar-refractivity contribution in [3.05, 3.63) is 41.5 Å². The van der Waals surface area contributed by atoms with Crippen molar-refractivity contribution in [1.29, 1.82) is 0 Å². The molecule has 0 fully saturated rings. The Kier molecular flexibility index (Phi) is 8.45. The Labute approximate surface area is 157 Å². The fourth-order valence-corrected chi connectivity index (χ4v) is 2.61. The van der Waals surface area contributed by atoms with Crippen molar-refractivity contribution in [2.24, 2.45) is 0 Å². The van der Waals surface area contributed by atoms with Crippen molar-refractivity contribution >= 4 is 12.0 Å². The minimum Gasteiger partial charge on any atom is -0.507 e. The van der Waals surface area contributed by atoms with Crippen LogP contribution < -0.4 is 4.74 Å². The number of cyclic esters (lactones) is 1. The van der Waals surface area contributed by atoms with Crippen molar-refractivity contribution in [1.82, 2.24) is 0 Å². The normalized spacial score (nSPS) is 28.7. The molecule has 1 aromatic rings. The van der Waals surface area contributed by atoms with Crippen LogP contribution in [0.25, 0.3) is 6.08 Å². The first-order valence-corrected chi connectivity index (χ1v) is 8.32. The number of fused-ring (bicyclic) bond motifs is 1. The van der Waals surface area contributed by atoms with Crippen molar-refractivity contribution < 1.29 is 40.2 Å². The van der Waals surface area contributed by atoms with Crippen molar-refractivity contribution in [2.45, 2.75) is 44.2 Å². The van der Waals surface area contributed by atoms with Gasteiger partial charge < -0.3 is 35.4 Å². The summed E-state index contributed by atoms with van der Waals surface area (Å²) in [6, 6.07) is 2.87. The van der Waals surface area contributed by atoms with Gasteiger partial charge in [0, 0.05) is 12.5 Å². The van der Waals surface area contributed by atoms with E-state index in [1.807, 2.05) is 0 Å². The van der Waals surface area contributed by atoms with Crippen LogP contribution in [0.1, 0.15) is 35.7 Å². The first kappa shape index (κ1) is 22.7. The molecule has 2 rings (SSSR count). The van der Waals surface area contributed by atoms with Gasteiger partial charge in [0.05, 0.1) is 13.2 Å². The maximum Gasteiger partial charge on any atom is 0.342 e. The summed E-state index contributed by atoms with van der Waals surface area (Å²) in [5, 5.41) is 40.0. The number of benzene rings is 1. The monoisotopic (exact) mass is 382 g/mol. The predicted molar refractivity (Wildman–Crippen MR) is 98.6 cm³/mol. The summed E-state index contributed by atoms with van der Waals surface area (Å²) in [6.07, 6.45) is 2.00. The van der Waals surface area contributed by atoms with Crippen LogP contribution in [0, 0.1) is 0 Å². The second kappa shape index (κ2) is 10.1. The Hall–Kier alpha value is -2.39. The standard InChI is InChI=1S/C19H24O7.H2O/c1-11-5-3-7-14(20)18(23)15(21)8-4-6-12-9-13(25-2)10-16(22)17(12)19(24)26-11;/h3-4,6-7,9-11,14-15,18,20-23H,5,8H2,1-2H3;1H2/b6-4+,7-3+;/t11-,14-,15-,18+;/m0./s1. The van der Waals surface area contributed by atoms with Crippen LogP contribution in [0.2, 0.25) is 0 Å². The van der Waals surface area contributed by atoms with Crippen LogP contribution >= 0.6 is 0 Å². The highest BCUT2D eigenvalue weighted by Gasteiger charge is 2.23. The zero-order chi connectivity index (χ0) is 19.3. The molecular formula is C19H26O8. The summed E-state index contributed by atoms with van der Waals surface area (Å²) in [7, 11) is 1.43. The Morgan fingerprint density at radius 1 is 1.15 bits per heavy atom. The molecule has 150 valence electrons. The van der Waals surface area contributed by atoms with Crippen molar-refractivity contribution in [3.63, 3.8) is 0 Å². The number of phenols is 1. The zero-order valence-electron chi connectivity index (χ0n) is 15.2. The third-order valence-corrected chi connectivity index (χ3v) is 4.09. The number of methoxy groups -OCH3 is 1. The Bertz CT molecular complexity index is 697. The quantitative estimate of drug-likeness (QED) is 0.410. The number of ether oxygens (including phenoxy) is 2. The van der Waals surface area contributed by atoms with Gasteiger partial charge in [0.25, 0.3) is 0 Å². The fourth-order valence-electron chi connectivity index (χ4n) is 2.61. The molecule has 1 aromatic carbocycles. The number of rotatable bonds is 1. The highest BCUT2D eigenvalue weighted by Crippen LogP contribution is 2.30. The maximum absolute atomic E-state index is 12.5. The third kappa shape index (κ3) is 5.80. The SMILES string of the molecule is COc1cc(O)c2c(c1)/C=C/C[C@H](O)[C@H](O)[C@@H](O)/C=C/C[C@H](C)OC2=O.O. The molecule has 0 saturated heterocycles. The molecule has 1 heterocycles. The van der Waals surface area contributed by atoms with Gasteiger partial charge >= 0.3 is 5.97 Å². The van der Waals surface area contributed by atoms with Gasteiger partial charge in [-0.3, -0.25) is 0 Å². The Morgan fingerprint density at radius 2 is 1.85 bits per heavy atom. The average molecular weight is 382 g/mol. The van der Waals surface area contributed by atoms with Crippen LogP contribution in [0.3, 0.4) is 0 Å². The number of carbonyl (C=O) groups is 1. The first-order chi connectivity index (χ1) is 12.3. The van der Waals surface area contributed by atoms with E-state index in [4.69, 9.17) is 9.47 Å². The van der Waals surface area contributed by atoms with E-state index in [1.54, 1.807) is 19.1 Å². The second-order valence-corrected chi connectivity index (χ2v) is 6.18. The molecule has 0 unspecified atom stereocenters. The topological polar surface area (TPSA) is 148 Å². The number of aromatic hydroxyl groups is 1. The molecule has 4 atom stereocenters. The van der Waals surface area contributed by atoms with Gasteiger partial charge in [-0.15, -0.1) is 0 Å². The second-order valence-electron chi connectivity index (χ2n) is 6.18. The van der Waals surface area contributed by atoms with Gasteiger partial charge in [0.15, 0.2) is 0 Å². The maximum atomic E-state index is 12.5. The van der Waals surface area contributed by atoms with E-state index < -0.39 is 30.4 Å². The van der Waals surface area contributed by atoms with Gasteiger partial charge in [-0.25, -0.2) is 4.79 Å². The molecule has 0 aromatic heterocycles. The number of hydrogen-bond acceptors (Lipinski definition) is 7. The molecule has 0 bridgehead atoms. The van der Waals surface area contributed by atoms with E-state index in [2.05, 4.69) is 0 Å². The van der Waals surface area contributed by atoms with E-state index in [1.165, 1.54) is 31.4 Å². The molecular weight excluding hydrogens is 356 g/mol. The highest BCUT2D eigenvalue weighted by atomic mass is 16.5. The minimum atomic E-state index is -1.35. The van der Waals surface area contributed by atoms with Crippen LogP contribution in [-0.4, -0.2) is 63.4 Å². The fraction of sp³-hybridized carbons (Fsp3) is 0.421. The molecule has 8 nitrogen and oxygen atoms in total. The number of hydrogen-bond donors (Lipinski definition) is 4. The molecule has 0 aliphatic carbocycles. The summed E-state index contributed by atoms with van der Waals surface area (Å²) < 4.78 is 10.4. The van der Waals surface area contributed by atoms with E-state index >= 15 is 0 Å². The summed E-state index contributed by atoms with van der Waals surface area (Å²) in [5.41, 5.74) is 0.346. The third-order valence-electron chi connectivity index (χ3n) is 4.09. The average Bonchev–Trinajstić information content (AvgIpc) is 2.59. The molecule has 1 aliphatic rings. The van der Waals surface area contributed by atoms with Gasteiger partial charge in [-0.2, -0.15) is 0 Å². The molecule has 8 heteroatoms. The summed E-state index contributed by atoms with van der Waals surface area (Å²) >= 11 is 0. The Balaban J connectivity index is 0.00000364. The van der Waals surface area contributed by atoms with Gasteiger partial charge in [-0.1, -0.05) is 24.3 Å². The first-order valence-electron chi connectivity index (χ1n) is 8.32. The van der Waals surface area contributed by atoms with Gasteiger partial charge in [-0.05, 0) is 25.0 Å². The van der Waals surface area contributed by atoms with E-state index in [9.17, 15) is 25.2 Å². The lowest BCUT2D eigenvalue weighted by atomic mass is 10.0. The van der Waals surface area contributed by atoms with Crippen LogP contribution in [0.5, 0.6) is 11.5 Å². The lowest BCUT2D eigenvalue weighted by Gasteiger charge is -2.20. The predicted octanol–water partition coefficient (Wildman–Crippen LogP) is 0.567. The van der Waals surface area contributed by atoms with Gasteiger partial charge in [0.1, 0.15) is 35.4 Å². The molecule has 6 N–H and O–H groups in total. The number of phenolic OH excluding ortho intramolecular Hbond substituents is 1. The molecule has 1 aliphatic heterocycles. The molecule has 0 spiro atoms. The summed E-state index contributed by atoms with van der Waals surface area (Å²) in [6.45, 7) is 1.67. The molecule has 0 saturated carbocycles. The molecule has 0 radical (unpaired) electrons. The lowest BCUT2D eigenvalue weighted by Crippen LogP contribution is -2.35. The lowest BCUT2D eigenvalue weighted by molar-refractivity contribution is -0.0394. The van der Waals surface area contributed by atoms with E-state index in [-0.39, 0.29) is 23.2 Å². The van der Waals surface area contributed by atoms with Crippen LogP contribution in [0.4, 0.5) is 0 Å². The van der Waals surface area contributed by atoms with Gasteiger partial charge in [0.2, 0.25) is 0 Å². The number of aliphatic hydroxyl groups is 3. The molecule has 27 heavy (non-hydrogen) atoms. The summed E-state index contributed by atoms with van der Waals surface area (Å²) in [4.78, 5) is 12.5. The molecule has 0 amide bonds. The highest BCUT2D eigenvalue weighted by molar-refractivity contribution is 5.97.